The van der Waals surface area contributed by atoms with Crippen molar-refractivity contribution in [2.75, 3.05) is 13.7 Å². The maximum atomic E-state index is 5.21. The highest BCUT2D eigenvalue weighted by Crippen LogP contribution is 2.30. The Balaban J connectivity index is 2.04. The average molecular weight is 303 g/mol. The molecule has 1 N–H and O–H groups in total. The zero-order chi connectivity index (χ0) is 15.2. The number of ether oxygens (including phenoxy) is 1. The summed E-state index contributed by atoms with van der Waals surface area (Å²) in [5.74, 6) is 0.923. The maximum Gasteiger partial charge on any atom is 0.118 e. The fraction of sp³-hybridized carbons (Fsp3) is 0.444. The summed E-state index contributed by atoms with van der Waals surface area (Å²) < 4.78 is 5.21. The molecule has 21 heavy (non-hydrogen) atoms. The van der Waals surface area contributed by atoms with Crippen LogP contribution in [0.1, 0.15) is 40.3 Å². The van der Waals surface area contributed by atoms with Gasteiger partial charge in [0.1, 0.15) is 5.75 Å². The molecule has 0 saturated carbocycles. The Morgan fingerprint density at radius 1 is 1.19 bits per heavy atom. The molecular formula is C18H25NOS. The molecule has 0 aliphatic rings. The zero-order valence-corrected chi connectivity index (χ0v) is 14.2. The van der Waals surface area contributed by atoms with Crippen LogP contribution in [-0.4, -0.2) is 13.7 Å². The summed E-state index contributed by atoms with van der Waals surface area (Å²) in [6.07, 6.45) is 2.21. The van der Waals surface area contributed by atoms with E-state index in [9.17, 15) is 0 Å². The van der Waals surface area contributed by atoms with Crippen molar-refractivity contribution >= 4 is 11.3 Å². The lowest BCUT2D eigenvalue weighted by Crippen LogP contribution is -2.21. The van der Waals surface area contributed by atoms with Gasteiger partial charge in [0.2, 0.25) is 0 Å². The molecule has 0 amide bonds. The molecule has 1 heterocycles. The molecule has 114 valence electrons. The number of aryl methyl sites for hydroxylation is 3. The Kier molecular flexibility index (Phi) is 5.83. The normalized spacial score (nSPS) is 12.4. The van der Waals surface area contributed by atoms with Crippen molar-refractivity contribution in [3.63, 3.8) is 0 Å². The third kappa shape index (κ3) is 4.32. The van der Waals surface area contributed by atoms with E-state index in [0.29, 0.717) is 6.04 Å². The van der Waals surface area contributed by atoms with E-state index in [-0.39, 0.29) is 0 Å². The van der Waals surface area contributed by atoms with Crippen molar-refractivity contribution in [1.82, 2.24) is 5.32 Å². The van der Waals surface area contributed by atoms with E-state index in [2.05, 4.69) is 44.3 Å². The monoisotopic (exact) mass is 303 g/mol. The number of hydrogen-bond donors (Lipinski definition) is 1. The van der Waals surface area contributed by atoms with Crippen LogP contribution in [0.4, 0.5) is 0 Å². The number of benzene rings is 1. The van der Waals surface area contributed by atoms with Gasteiger partial charge in [0.05, 0.1) is 7.11 Å². The standard InChI is InChI=1S/C18H25NOS/c1-5-19-17(18-13(2)12-14(3)21-18)11-8-15-6-9-16(20-4)10-7-15/h6-7,9-10,12,17,19H,5,8,11H2,1-4H3. The van der Waals surface area contributed by atoms with Gasteiger partial charge in [0.25, 0.3) is 0 Å². The predicted octanol–water partition coefficient (Wildman–Crippen LogP) is 4.66. The average Bonchev–Trinajstić information content (AvgIpc) is 2.82. The van der Waals surface area contributed by atoms with E-state index in [4.69, 9.17) is 4.74 Å². The van der Waals surface area contributed by atoms with Gasteiger partial charge in [-0.05, 0) is 62.6 Å². The molecule has 0 saturated heterocycles. The summed E-state index contributed by atoms with van der Waals surface area (Å²) in [6.45, 7) is 7.59. The summed E-state index contributed by atoms with van der Waals surface area (Å²) in [6, 6.07) is 11.1. The third-order valence-corrected chi connectivity index (χ3v) is 4.99. The number of hydrogen-bond acceptors (Lipinski definition) is 3. The molecule has 0 fully saturated rings. The lowest BCUT2D eigenvalue weighted by Gasteiger charge is -2.18. The minimum absolute atomic E-state index is 0.454. The Morgan fingerprint density at radius 2 is 1.90 bits per heavy atom. The van der Waals surface area contributed by atoms with Crippen LogP contribution in [-0.2, 0) is 6.42 Å². The SMILES string of the molecule is CCNC(CCc1ccc(OC)cc1)c1sc(C)cc1C. The summed E-state index contributed by atoms with van der Waals surface area (Å²) >= 11 is 1.92. The van der Waals surface area contributed by atoms with E-state index in [1.807, 2.05) is 23.5 Å². The molecule has 2 aromatic rings. The van der Waals surface area contributed by atoms with Crippen molar-refractivity contribution in [1.29, 1.82) is 0 Å². The Hall–Kier alpha value is -1.32. The van der Waals surface area contributed by atoms with Crippen molar-refractivity contribution in [2.45, 2.75) is 39.7 Å². The van der Waals surface area contributed by atoms with Gasteiger partial charge in [-0.25, -0.2) is 0 Å². The Morgan fingerprint density at radius 3 is 2.43 bits per heavy atom. The van der Waals surface area contributed by atoms with Gasteiger partial charge in [-0.15, -0.1) is 11.3 Å². The molecule has 2 nitrogen and oxygen atoms in total. The smallest absolute Gasteiger partial charge is 0.118 e. The molecule has 1 atom stereocenters. The lowest BCUT2D eigenvalue weighted by molar-refractivity contribution is 0.414. The Bertz CT molecular complexity index is 559. The summed E-state index contributed by atoms with van der Waals surface area (Å²) in [5.41, 5.74) is 2.78. The van der Waals surface area contributed by atoms with Crippen LogP contribution in [0.2, 0.25) is 0 Å². The van der Waals surface area contributed by atoms with Gasteiger partial charge in [0.15, 0.2) is 0 Å². The summed E-state index contributed by atoms with van der Waals surface area (Å²) in [4.78, 5) is 2.89. The highest BCUT2D eigenvalue weighted by Gasteiger charge is 2.15. The fourth-order valence-corrected chi connectivity index (χ4v) is 3.83. The van der Waals surface area contributed by atoms with E-state index < -0.39 is 0 Å². The number of thiophene rings is 1. The zero-order valence-electron chi connectivity index (χ0n) is 13.4. The molecule has 0 aliphatic carbocycles. The first-order valence-corrected chi connectivity index (χ1v) is 8.39. The molecule has 1 unspecified atom stereocenters. The van der Waals surface area contributed by atoms with Crippen molar-refractivity contribution in [3.8, 4) is 5.75 Å². The highest BCUT2D eigenvalue weighted by molar-refractivity contribution is 7.12. The maximum absolute atomic E-state index is 5.21. The van der Waals surface area contributed by atoms with Gasteiger partial charge < -0.3 is 10.1 Å². The molecule has 3 heteroatoms. The topological polar surface area (TPSA) is 21.3 Å². The summed E-state index contributed by atoms with van der Waals surface area (Å²) in [7, 11) is 1.71. The molecule has 0 aliphatic heterocycles. The van der Waals surface area contributed by atoms with Crippen LogP contribution in [0.15, 0.2) is 30.3 Å². The second-order valence-electron chi connectivity index (χ2n) is 5.40. The first-order chi connectivity index (χ1) is 10.1. The second kappa shape index (κ2) is 7.62. The van der Waals surface area contributed by atoms with E-state index in [1.165, 1.54) is 20.9 Å². The van der Waals surface area contributed by atoms with Crippen LogP contribution in [0.25, 0.3) is 0 Å². The molecular weight excluding hydrogens is 278 g/mol. The van der Waals surface area contributed by atoms with Crippen LogP contribution >= 0.6 is 11.3 Å². The van der Waals surface area contributed by atoms with E-state index >= 15 is 0 Å². The van der Waals surface area contributed by atoms with Gasteiger partial charge in [-0.3, -0.25) is 0 Å². The largest absolute Gasteiger partial charge is 0.497 e. The van der Waals surface area contributed by atoms with E-state index in [1.54, 1.807) is 7.11 Å². The summed E-state index contributed by atoms with van der Waals surface area (Å²) in [5, 5.41) is 3.63. The fourth-order valence-electron chi connectivity index (χ4n) is 2.68. The molecule has 2 rings (SSSR count). The number of nitrogens with one attached hydrogen (secondary N) is 1. The number of rotatable bonds is 7. The molecule has 1 aromatic heterocycles. The van der Waals surface area contributed by atoms with Crippen LogP contribution in [0.3, 0.4) is 0 Å². The van der Waals surface area contributed by atoms with Gasteiger partial charge in [0, 0.05) is 15.8 Å². The van der Waals surface area contributed by atoms with Gasteiger partial charge in [-0.2, -0.15) is 0 Å². The predicted molar refractivity (Wildman–Crippen MR) is 91.5 cm³/mol. The van der Waals surface area contributed by atoms with Gasteiger partial charge in [-0.1, -0.05) is 19.1 Å². The van der Waals surface area contributed by atoms with Crippen molar-refractivity contribution in [3.05, 3.63) is 51.2 Å². The lowest BCUT2D eigenvalue weighted by atomic mass is 10.0. The van der Waals surface area contributed by atoms with Crippen molar-refractivity contribution < 1.29 is 4.74 Å². The first-order valence-electron chi connectivity index (χ1n) is 7.57. The van der Waals surface area contributed by atoms with Crippen molar-refractivity contribution in [2.24, 2.45) is 0 Å². The Labute approximate surface area is 132 Å². The second-order valence-corrected chi connectivity index (χ2v) is 6.69. The molecule has 0 radical (unpaired) electrons. The third-order valence-electron chi connectivity index (χ3n) is 3.73. The minimum Gasteiger partial charge on any atom is -0.497 e. The van der Waals surface area contributed by atoms with Gasteiger partial charge >= 0.3 is 0 Å². The van der Waals surface area contributed by atoms with Crippen LogP contribution < -0.4 is 10.1 Å². The minimum atomic E-state index is 0.454. The molecule has 1 aromatic carbocycles. The molecule has 0 spiro atoms. The first kappa shape index (κ1) is 16.1. The molecule has 0 bridgehead atoms. The van der Waals surface area contributed by atoms with E-state index in [0.717, 1.165) is 25.1 Å². The quantitative estimate of drug-likeness (QED) is 0.803. The van der Waals surface area contributed by atoms with Crippen LogP contribution in [0, 0.1) is 13.8 Å². The van der Waals surface area contributed by atoms with Crippen LogP contribution in [0.5, 0.6) is 5.75 Å². The highest BCUT2D eigenvalue weighted by atomic mass is 32.1. The number of methoxy groups -OCH3 is 1.